The Kier molecular flexibility index (Phi) is 10.4. The summed E-state index contributed by atoms with van der Waals surface area (Å²) in [5.74, 6) is -3.26. The lowest BCUT2D eigenvalue weighted by molar-refractivity contribution is -0.432. The van der Waals surface area contributed by atoms with Crippen molar-refractivity contribution in [3.05, 3.63) is 107 Å². The van der Waals surface area contributed by atoms with Gasteiger partial charge in [0.2, 0.25) is 0 Å². The van der Waals surface area contributed by atoms with Gasteiger partial charge in [0, 0.05) is 27.4 Å². The molecule has 0 unspecified atom stereocenters. The molecule has 5 rings (SSSR count). The maximum atomic E-state index is 13.8. The normalized spacial score (nSPS) is 13.4. The lowest BCUT2D eigenvalue weighted by Crippen LogP contribution is -2.25. The van der Waals surface area contributed by atoms with Crippen molar-refractivity contribution in [2.45, 2.75) is 21.6 Å². The van der Waals surface area contributed by atoms with Gasteiger partial charge in [0.1, 0.15) is 21.2 Å². The summed E-state index contributed by atoms with van der Waals surface area (Å²) in [6.07, 6.45) is 0. The molecule has 4 aromatic carbocycles. The highest BCUT2D eigenvalue weighted by Gasteiger charge is 2.37. The molecule has 21 heteroatoms. The van der Waals surface area contributed by atoms with Crippen LogP contribution in [0.5, 0.6) is 0 Å². The number of aliphatic hydroxyl groups is 1. The Morgan fingerprint density at radius 1 is 0.843 bits per heavy atom. The van der Waals surface area contributed by atoms with Crippen LogP contribution >= 0.6 is 12.0 Å². The van der Waals surface area contributed by atoms with Crippen LogP contribution in [0.4, 0.5) is 28.4 Å². The third-order valence-corrected chi connectivity index (χ3v) is 9.42. The molecule has 18 nitrogen and oxygen atoms in total. The number of hydrogen-bond acceptors (Lipinski definition) is 16. The van der Waals surface area contributed by atoms with Crippen LogP contribution < -0.4 is 16.4 Å². The molecule has 51 heavy (non-hydrogen) atoms. The highest BCUT2D eigenvalue weighted by atomic mass is 32.2. The number of nitrogen functional groups attached to an aromatic ring is 1. The van der Waals surface area contributed by atoms with E-state index in [2.05, 4.69) is 30.2 Å². The molecule has 1 amide bonds. The smallest absolute Gasteiger partial charge is 0.296 e. The molecule has 4 aromatic rings. The zero-order chi connectivity index (χ0) is 37.2. The number of rotatable bonds is 11. The third kappa shape index (κ3) is 7.79. The summed E-state index contributed by atoms with van der Waals surface area (Å²) in [7, 11) is -10.2. The number of hydrogen-bond donors (Lipinski definition) is 7. The zero-order valence-electron chi connectivity index (χ0n) is 25.6. The summed E-state index contributed by atoms with van der Waals surface area (Å²) >= 11 is 0.483. The molecule has 1 aliphatic carbocycles. The minimum absolute atomic E-state index is 0.193. The lowest BCUT2D eigenvalue weighted by atomic mass is 9.82. The topological polar surface area (TPSA) is 294 Å². The molecule has 264 valence electrons. The van der Waals surface area contributed by atoms with Crippen LogP contribution in [0.1, 0.15) is 38.8 Å². The molecule has 0 saturated heterocycles. The fraction of sp³-hybridized carbons (Fsp3) is 0.0333. The Balaban J connectivity index is 1.59. The van der Waals surface area contributed by atoms with E-state index in [1.165, 1.54) is 18.2 Å². The van der Waals surface area contributed by atoms with Crippen LogP contribution in [-0.2, 0) is 34.4 Å². The van der Waals surface area contributed by atoms with Gasteiger partial charge in [0.25, 0.3) is 26.1 Å². The van der Waals surface area contributed by atoms with Crippen LogP contribution in [0.2, 0.25) is 0 Å². The Hall–Kier alpha value is -5.52. The molecule has 0 aromatic heterocycles. The average molecular weight is 758 g/mol. The second kappa shape index (κ2) is 14.4. The molecule has 0 fully saturated rings. The van der Waals surface area contributed by atoms with Gasteiger partial charge < -0.3 is 21.5 Å². The number of para-hydroxylation sites is 1. The monoisotopic (exact) mass is 757 g/mol. The van der Waals surface area contributed by atoms with E-state index in [9.17, 15) is 45.4 Å². The van der Waals surface area contributed by atoms with Crippen LogP contribution in [0.3, 0.4) is 0 Å². The molecule has 0 bridgehead atoms. The molecule has 0 aliphatic heterocycles. The number of nitrogens with zero attached hydrogens (tertiary/aromatic N) is 2. The molecule has 0 spiro atoms. The first-order chi connectivity index (χ1) is 24.0. The molecule has 0 heterocycles. The molecule has 1 aliphatic rings. The van der Waals surface area contributed by atoms with Crippen molar-refractivity contribution in [1.82, 2.24) is 0 Å². The fourth-order valence-corrected chi connectivity index (χ4v) is 6.57. The van der Waals surface area contributed by atoms with E-state index in [4.69, 9.17) is 11.0 Å². The Bertz CT molecular complexity index is 2400. The van der Waals surface area contributed by atoms with Crippen LogP contribution in [-0.4, -0.2) is 53.8 Å². The summed E-state index contributed by atoms with van der Waals surface area (Å²) in [4.78, 5) is 38.5. The van der Waals surface area contributed by atoms with Gasteiger partial charge in [-0.2, -0.15) is 16.8 Å². The first-order valence-electron chi connectivity index (χ1n) is 13.9. The number of benzene rings is 4. The predicted octanol–water partition coefficient (Wildman–Crippen LogP) is 5.22. The van der Waals surface area contributed by atoms with Crippen LogP contribution in [0, 0.1) is 0 Å². The molecular formula is C30H23N5O13S3. The van der Waals surface area contributed by atoms with Gasteiger partial charge in [0.15, 0.2) is 17.3 Å². The number of azo groups is 1. The Morgan fingerprint density at radius 2 is 1.51 bits per heavy atom. The Labute approximate surface area is 292 Å². The van der Waals surface area contributed by atoms with Crippen LogP contribution in [0.25, 0.3) is 0 Å². The van der Waals surface area contributed by atoms with Crippen molar-refractivity contribution in [2.75, 3.05) is 16.4 Å². The summed E-state index contributed by atoms with van der Waals surface area (Å²) in [5.41, 5.74) is 2.38. The minimum atomic E-state index is -5.11. The van der Waals surface area contributed by atoms with E-state index in [0.717, 1.165) is 31.2 Å². The highest BCUT2D eigenvalue weighted by molar-refractivity contribution is 7.94. The molecule has 8 N–H and O–H groups in total. The lowest BCUT2D eigenvalue weighted by Gasteiger charge is -2.24. The van der Waals surface area contributed by atoms with E-state index >= 15 is 0 Å². The average Bonchev–Trinajstić information content (AvgIpc) is 3.06. The number of anilines is 4. The van der Waals surface area contributed by atoms with E-state index in [-0.39, 0.29) is 21.7 Å². The van der Waals surface area contributed by atoms with Gasteiger partial charge in [-0.25, -0.2) is 5.26 Å². The number of amides is 1. The predicted molar refractivity (Wildman–Crippen MR) is 179 cm³/mol. The molecule has 0 saturated carbocycles. The quantitative estimate of drug-likeness (QED) is 0.0133. The zero-order valence-corrected chi connectivity index (χ0v) is 28.0. The summed E-state index contributed by atoms with van der Waals surface area (Å²) in [6.45, 7) is 1.13. The number of allylic oxidation sites excluding steroid dienone is 1. The van der Waals surface area contributed by atoms with Gasteiger partial charge in [-0.1, -0.05) is 23.2 Å². The third-order valence-electron chi connectivity index (χ3n) is 7.07. The number of fused-ring (bicyclic) bond motifs is 2. The highest BCUT2D eigenvalue weighted by Crippen LogP contribution is 2.41. The maximum Gasteiger partial charge on any atom is 0.296 e. The molecular weight excluding hydrogens is 735 g/mol. The van der Waals surface area contributed by atoms with Crippen molar-refractivity contribution in [3.63, 3.8) is 0 Å². The van der Waals surface area contributed by atoms with E-state index < -0.39 is 87.1 Å². The number of carbonyl (C=O) groups excluding carboxylic acids is 3. The summed E-state index contributed by atoms with van der Waals surface area (Å²) in [6, 6.07) is 15.6. The number of aliphatic hydroxyl groups excluding tert-OH is 1. The molecule has 0 atom stereocenters. The van der Waals surface area contributed by atoms with Crippen LogP contribution in [0.15, 0.2) is 109 Å². The summed E-state index contributed by atoms with van der Waals surface area (Å²) in [5, 5.41) is 34.6. The van der Waals surface area contributed by atoms with Gasteiger partial charge >= 0.3 is 0 Å². The largest absolute Gasteiger partial charge is 0.510 e. The number of carbonyl (C=O) groups is 3. The number of ketones is 2. The van der Waals surface area contributed by atoms with Gasteiger partial charge in [0.05, 0.1) is 34.5 Å². The maximum absolute atomic E-state index is 13.8. The summed E-state index contributed by atoms with van der Waals surface area (Å²) < 4.78 is 73.8. The number of nitrogens with one attached hydrogen (secondary N) is 2. The fourth-order valence-electron chi connectivity index (χ4n) is 4.88. The van der Waals surface area contributed by atoms with E-state index in [0.29, 0.717) is 17.7 Å². The van der Waals surface area contributed by atoms with Crippen molar-refractivity contribution >= 4 is 78.2 Å². The van der Waals surface area contributed by atoms with Gasteiger partial charge in [-0.05, 0) is 61.5 Å². The van der Waals surface area contributed by atoms with Crippen molar-refractivity contribution in [1.29, 1.82) is 0 Å². The standard InChI is InChI=1S/C30H23N5O13S3/c1-14(36)27(30(39)33-15-5-3-2-4-6-15)35-34-20-10-7-16(11-22(20)50(41,42)43)32-21-13-23(51(44,45)46)26(31)25-24(21)29(38)19-12-17(49-48-47-40)8-9-18(19)28(25)37/h2-13,32,36,40H,31H2,1H3,(H,33,39)(H,41,42,43)(H,44,45,46)/b27-14+,35-34?. The number of nitrogens with two attached hydrogens (primary N) is 1. The van der Waals surface area contributed by atoms with E-state index in [1.807, 2.05) is 0 Å². The van der Waals surface area contributed by atoms with E-state index in [1.54, 1.807) is 30.3 Å². The second-order valence-corrected chi connectivity index (χ2v) is 13.9. The second-order valence-electron chi connectivity index (χ2n) is 10.4. The first kappa shape index (κ1) is 36.8. The molecule has 0 radical (unpaired) electrons. The van der Waals surface area contributed by atoms with Gasteiger partial charge in [-0.3, -0.25) is 23.5 Å². The van der Waals surface area contributed by atoms with Crippen molar-refractivity contribution < 1.29 is 60.1 Å². The van der Waals surface area contributed by atoms with Crippen molar-refractivity contribution in [3.8, 4) is 0 Å². The Morgan fingerprint density at radius 3 is 2.14 bits per heavy atom. The SMILES string of the molecule is C/C(O)=C(\N=Nc1ccc(Nc2cc(S(=O)(=O)O)c(N)c3c2C(=O)c2cc(SOOO)ccc2C3=O)cc1S(=O)(=O)O)C(=O)Nc1ccccc1. The minimum Gasteiger partial charge on any atom is -0.510 e. The first-order valence-corrected chi connectivity index (χ1v) is 17.5. The van der Waals surface area contributed by atoms with Gasteiger partial charge in [-0.15, -0.1) is 14.6 Å². The van der Waals surface area contributed by atoms with Crippen molar-refractivity contribution in [2.24, 2.45) is 10.2 Å².